The predicted molar refractivity (Wildman–Crippen MR) is 96.1 cm³/mol. The summed E-state index contributed by atoms with van der Waals surface area (Å²) >= 11 is 0. The van der Waals surface area contributed by atoms with Crippen LogP contribution in [0.5, 0.6) is 0 Å². The largest absolute Gasteiger partial charge is 0.385 e. The standard InChI is InChI=1S/C21H25NO2/c1-16-8-10-18(11-9-16)20(23)17(2)22-14-12-21(24,13-15-22)19-6-4-3-5-7-19/h3-11,17,24H,12-15H2,1-2H3/t17-/m0/s1. The minimum Gasteiger partial charge on any atom is -0.385 e. The Hall–Kier alpha value is -1.97. The molecule has 0 unspecified atom stereocenters. The predicted octanol–water partition coefficient (Wildman–Crippen LogP) is 3.55. The number of piperidine rings is 1. The Balaban J connectivity index is 1.66. The monoisotopic (exact) mass is 323 g/mol. The van der Waals surface area contributed by atoms with Crippen molar-refractivity contribution in [1.82, 2.24) is 4.90 Å². The van der Waals surface area contributed by atoms with Crippen LogP contribution in [-0.2, 0) is 5.60 Å². The molecule has 0 aromatic heterocycles. The van der Waals surface area contributed by atoms with Gasteiger partial charge >= 0.3 is 0 Å². The van der Waals surface area contributed by atoms with Crippen molar-refractivity contribution in [2.45, 2.75) is 38.3 Å². The van der Waals surface area contributed by atoms with Gasteiger partial charge in [0.1, 0.15) is 0 Å². The van der Waals surface area contributed by atoms with Crippen molar-refractivity contribution >= 4 is 5.78 Å². The zero-order valence-corrected chi connectivity index (χ0v) is 14.4. The van der Waals surface area contributed by atoms with Gasteiger partial charge in [-0.3, -0.25) is 9.69 Å². The lowest BCUT2D eigenvalue weighted by molar-refractivity contribution is -0.0318. The average molecular weight is 323 g/mol. The summed E-state index contributed by atoms with van der Waals surface area (Å²) in [6, 6.07) is 17.4. The summed E-state index contributed by atoms with van der Waals surface area (Å²) in [4.78, 5) is 14.9. The number of rotatable bonds is 4. The first-order chi connectivity index (χ1) is 11.5. The van der Waals surface area contributed by atoms with Gasteiger partial charge in [0.25, 0.3) is 0 Å². The van der Waals surface area contributed by atoms with Crippen LogP contribution in [0.4, 0.5) is 0 Å². The molecule has 1 aliphatic heterocycles. The Morgan fingerprint density at radius 1 is 1.04 bits per heavy atom. The lowest BCUT2D eigenvalue weighted by atomic mass is 9.84. The van der Waals surface area contributed by atoms with Gasteiger partial charge in [0.15, 0.2) is 5.78 Å². The molecule has 1 fully saturated rings. The number of likely N-dealkylation sites (tertiary alicyclic amines) is 1. The number of carbonyl (C=O) groups is 1. The van der Waals surface area contributed by atoms with E-state index in [-0.39, 0.29) is 11.8 Å². The summed E-state index contributed by atoms with van der Waals surface area (Å²) in [5, 5.41) is 10.9. The van der Waals surface area contributed by atoms with Gasteiger partial charge in [-0.2, -0.15) is 0 Å². The van der Waals surface area contributed by atoms with Gasteiger partial charge in [0.2, 0.25) is 0 Å². The maximum absolute atomic E-state index is 12.7. The second kappa shape index (κ2) is 6.88. The molecule has 0 spiro atoms. The molecule has 1 atom stereocenters. The van der Waals surface area contributed by atoms with Gasteiger partial charge in [0.05, 0.1) is 11.6 Å². The summed E-state index contributed by atoms with van der Waals surface area (Å²) in [5.74, 6) is 0.153. The molecule has 24 heavy (non-hydrogen) atoms. The van der Waals surface area contributed by atoms with Crippen molar-refractivity contribution in [1.29, 1.82) is 0 Å². The number of Topliss-reactive ketones (excluding diaryl/α,β-unsaturated/α-hetero) is 1. The van der Waals surface area contributed by atoms with Gasteiger partial charge in [0, 0.05) is 18.7 Å². The number of carbonyl (C=O) groups excluding carboxylic acids is 1. The molecule has 3 heteroatoms. The van der Waals surface area contributed by atoms with Crippen LogP contribution in [0, 0.1) is 6.92 Å². The van der Waals surface area contributed by atoms with Gasteiger partial charge < -0.3 is 5.11 Å². The number of hydrogen-bond donors (Lipinski definition) is 1. The van der Waals surface area contributed by atoms with Crippen molar-refractivity contribution in [2.75, 3.05) is 13.1 Å². The number of benzene rings is 2. The average Bonchev–Trinajstić information content (AvgIpc) is 2.62. The molecular weight excluding hydrogens is 298 g/mol. The highest BCUT2D eigenvalue weighted by Gasteiger charge is 2.36. The third kappa shape index (κ3) is 3.42. The van der Waals surface area contributed by atoms with Crippen LogP contribution in [0.2, 0.25) is 0 Å². The first kappa shape index (κ1) is 16.9. The van der Waals surface area contributed by atoms with Crippen LogP contribution >= 0.6 is 0 Å². The smallest absolute Gasteiger partial charge is 0.179 e. The molecule has 1 heterocycles. The second-order valence-corrected chi connectivity index (χ2v) is 6.84. The number of aryl methyl sites for hydroxylation is 1. The topological polar surface area (TPSA) is 40.5 Å². The van der Waals surface area contributed by atoms with Crippen LogP contribution in [0.25, 0.3) is 0 Å². The van der Waals surface area contributed by atoms with Gasteiger partial charge in [-0.05, 0) is 32.3 Å². The molecular formula is C21H25NO2. The SMILES string of the molecule is Cc1ccc(C(=O)[C@H](C)N2CCC(O)(c3ccccc3)CC2)cc1. The van der Waals surface area contributed by atoms with Crippen LogP contribution in [0.1, 0.15) is 41.3 Å². The molecule has 0 amide bonds. The van der Waals surface area contributed by atoms with Crippen molar-refractivity contribution in [3.8, 4) is 0 Å². The molecule has 1 N–H and O–H groups in total. The quantitative estimate of drug-likeness (QED) is 0.875. The first-order valence-electron chi connectivity index (χ1n) is 8.62. The van der Waals surface area contributed by atoms with E-state index < -0.39 is 5.60 Å². The minimum atomic E-state index is -0.773. The summed E-state index contributed by atoms with van der Waals surface area (Å²) in [6.45, 7) is 5.44. The molecule has 3 nitrogen and oxygen atoms in total. The molecule has 0 radical (unpaired) electrons. The van der Waals surface area contributed by atoms with E-state index in [0.29, 0.717) is 12.8 Å². The van der Waals surface area contributed by atoms with Gasteiger partial charge in [-0.25, -0.2) is 0 Å². The lowest BCUT2D eigenvalue weighted by Gasteiger charge is -2.40. The fourth-order valence-electron chi connectivity index (χ4n) is 3.44. The van der Waals surface area contributed by atoms with Crippen LogP contribution in [0.15, 0.2) is 54.6 Å². The molecule has 126 valence electrons. The second-order valence-electron chi connectivity index (χ2n) is 6.84. The van der Waals surface area contributed by atoms with Crippen LogP contribution in [-0.4, -0.2) is 34.9 Å². The minimum absolute atomic E-state index is 0.153. The Bertz CT molecular complexity index is 686. The Morgan fingerprint density at radius 2 is 1.62 bits per heavy atom. The van der Waals surface area contributed by atoms with Crippen molar-refractivity contribution in [3.05, 3.63) is 71.3 Å². The number of ketones is 1. The lowest BCUT2D eigenvalue weighted by Crippen LogP contribution is -2.48. The van der Waals surface area contributed by atoms with E-state index in [2.05, 4.69) is 4.90 Å². The molecule has 2 aromatic carbocycles. The normalized spacial score (nSPS) is 19.0. The summed E-state index contributed by atoms with van der Waals surface area (Å²) in [5.41, 5.74) is 2.12. The fraction of sp³-hybridized carbons (Fsp3) is 0.381. The molecule has 1 saturated heterocycles. The van der Waals surface area contributed by atoms with Crippen molar-refractivity contribution in [2.24, 2.45) is 0 Å². The van der Waals surface area contributed by atoms with E-state index in [1.165, 1.54) is 0 Å². The molecule has 0 saturated carbocycles. The highest BCUT2D eigenvalue weighted by atomic mass is 16.3. The molecule has 0 aliphatic carbocycles. The zero-order valence-electron chi connectivity index (χ0n) is 14.4. The van der Waals surface area contributed by atoms with E-state index in [0.717, 1.165) is 29.8 Å². The molecule has 0 bridgehead atoms. The fourth-order valence-corrected chi connectivity index (χ4v) is 3.44. The summed E-state index contributed by atoms with van der Waals surface area (Å²) < 4.78 is 0. The van der Waals surface area contributed by atoms with Crippen molar-refractivity contribution < 1.29 is 9.90 Å². The van der Waals surface area contributed by atoms with E-state index in [1.807, 2.05) is 68.4 Å². The highest BCUT2D eigenvalue weighted by Crippen LogP contribution is 2.33. The van der Waals surface area contributed by atoms with Gasteiger partial charge in [-0.15, -0.1) is 0 Å². The Morgan fingerprint density at radius 3 is 2.21 bits per heavy atom. The van der Waals surface area contributed by atoms with Crippen LogP contribution in [0.3, 0.4) is 0 Å². The highest BCUT2D eigenvalue weighted by molar-refractivity contribution is 5.99. The number of aliphatic hydroxyl groups is 1. The Labute approximate surface area is 143 Å². The summed E-state index contributed by atoms with van der Waals surface area (Å²) in [7, 11) is 0. The summed E-state index contributed by atoms with van der Waals surface area (Å²) in [6.07, 6.45) is 1.31. The van der Waals surface area contributed by atoms with E-state index in [4.69, 9.17) is 0 Å². The molecule has 2 aromatic rings. The Kier molecular flexibility index (Phi) is 4.83. The van der Waals surface area contributed by atoms with E-state index in [1.54, 1.807) is 0 Å². The first-order valence-corrected chi connectivity index (χ1v) is 8.62. The number of hydrogen-bond acceptors (Lipinski definition) is 3. The molecule has 1 aliphatic rings. The number of nitrogens with zero attached hydrogens (tertiary/aromatic N) is 1. The van der Waals surface area contributed by atoms with Gasteiger partial charge in [-0.1, -0.05) is 60.2 Å². The van der Waals surface area contributed by atoms with E-state index in [9.17, 15) is 9.90 Å². The maximum atomic E-state index is 12.7. The third-order valence-corrected chi connectivity index (χ3v) is 5.20. The maximum Gasteiger partial charge on any atom is 0.179 e. The molecule has 3 rings (SSSR count). The third-order valence-electron chi connectivity index (χ3n) is 5.20. The zero-order chi connectivity index (χ0) is 17.2. The van der Waals surface area contributed by atoms with E-state index >= 15 is 0 Å². The van der Waals surface area contributed by atoms with Crippen molar-refractivity contribution in [3.63, 3.8) is 0 Å². The van der Waals surface area contributed by atoms with Crippen LogP contribution < -0.4 is 0 Å².